The Bertz CT molecular complexity index is 1620. The summed E-state index contributed by atoms with van der Waals surface area (Å²) >= 11 is 0. The molecule has 1 heterocycles. The van der Waals surface area contributed by atoms with Gasteiger partial charge in [-0.05, 0) is 73.1 Å². The van der Waals surface area contributed by atoms with Gasteiger partial charge in [-0.15, -0.1) is 0 Å². The quantitative estimate of drug-likeness (QED) is 0.217. The highest BCUT2D eigenvalue weighted by molar-refractivity contribution is 5.80. The summed E-state index contributed by atoms with van der Waals surface area (Å²) in [5.74, 6) is -8.21. The van der Waals surface area contributed by atoms with E-state index in [1.165, 1.54) is 30.5 Å². The first-order valence-electron chi connectivity index (χ1n) is 14.1. The second-order valence-electron chi connectivity index (χ2n) is 13.4. The number of fused-ring (bicyclic) bond motifs is 4. The number of alkyl halides is 5. The second kappa shape index (κ2) is 9.47. The number of esters is 1. The highest BCUT2D eigenvalue weighted by Crippen LogP contribution is 2.71. The smallest absolute Gasteiger partial charge is 0.416 e. The van der Waals surface area contributed by atoms with E-state index in [1.807, 2.05) is 13.8 Å². The predicted molar refractivity (Wildman–Crippen MR) is 145 cm³/mol. The van der Waals surface area contributed by atoms with Gasteiger partial charge >= 0.3 is 12.1 Å². The zero-order valence-electron chi connectivity index (χ0n) is 24.3. The molecule has 4 atom stereocenters. The van der Waals surface area contributed by atoms with Gasteiger partial charge in [0.05, 0.1) is 11.5 Å². The summed E-state index contributed by atoms with van der Waals surface area (Å²) in [7, 11) is 0. The molecule has 0 radical (unpaired) electrons. The van der Waals surface area contributed by atoms with Crippen molar-refractivity contribution in [3.05, 3.63) is 93.4 Å². The molecule has 0 saturated heterocycles. The maximum absolute atomic E-state index is 15.3. The molecule has 1 aromatic heterocycles. The number of rotatable bonds is 5. The standard InChI is InChI=1S/C33H31F6NO3/c1-30(2,3)43-29(41)27-26-20-14-40-25(12-23(20)32(35,36)28(26)27)42-15-16-10-18-19(13-31(4,5)22(18)11-24(16)34)17-8-6-7-9-21(17)33(37,38)39/h6-12,14,19,26-28H,13,15H2,1-5H3. The molecule has 43 heavy (non-hydrogen) atoms. The van der Waals surface area contributed by atoms with E-state index in [2.05, 4.69) is 4.98 Å². The lowest BCUT2D eigenvalue weighted by Crippen LogP contribution is -2.28. The van der Waals surface area contributed by atoms with E-state index in [-0.39, 0.29) is 34.7 Å². The molecule has 0 N–H and O–H groups in total. The van der Waals surface area contributed by atoms with Crippen molar-refractivity contribution in [3.8, 4) is 5.88 Å². The molecule has 1 saturated carbocycles. The van der Waals surface area contributed by atoms with E-state index in [4.69, 9.17) is 9.47 Å². The van der Waals surface area contributed by atoms with Crippen LogP contribution in [0.1, 0.15) is 91.8 Å². The average molecular weight is 604 g/mol. The highest BCUT2D eigenvalue weighted by Gasteiger charge is 2.74. The Balaban J connectivity index is 1.25. The van der Waals surface area contributed by atoms with Crippen molar-refractivity contribution in [2.24, 2.45) is 11.8 Å². The maximum atomic E-state index is 15.3. The number of ether oxygens (including phenoxy) is 2. The van der Waals surface area contributed by atoms with Gasteiger partial charge in [-0.2, -0.15) is 13.2 Å². The third kappa shape index (κ3) is 4.96. The fraction of sp³-hybridized carbons (Fsp3) is 0.455. The first kappa shape index (κ1) is 29.5. The van der Waals surface area contributed by atoms with E-state index in [0.717, 1.165) is 12.1 Å². The summed E-state index contributed by atoms with van der Waals surface area (Å²) in [5, 5.41) is 0. The minimum atomic E-state index is -4.55. The second-order valence-corrected chi connectivity index (χ2v) is 13.4. The number of nitrogens with zero attached hydrogens (tertiary/aromatic N) is 1. The molecule has 0 aliphatic heterocycles. The van der Waals surface area contributed by atoms with Crippen LogP contribution in [0, 0.1) is 17.7 Å². The van der Waals surface area contributed by atoms with Gasteiger partial charge in [0.2, 0.25) is 5.88 Å². The number of halogens is 6. The van der Waals surface area contributed by atoms with Crippen molar-refractivity contribution in [3.63, 3.8) is 0 Å². The maximum Gasteiger partial charge on any atom is 0.416 e. The molecule has 1 fully saturated rings. The van der Waals surface area contributed by atoms with E-state index in [0.29, 0.717) is 17.5 Å². The lowest BCUT2D eigenvalue weighted by molar-refractivity contribution is -0.159. The van der Waals surface area contributed by atoms with Crippen LogP contribution in [0.25, 0.3) is 0 Å². The molecular formula is C33H31F6NO3. The van der Waals surface area contributed by atoms with Gasteiger partial charge in [0.15, 0.2) is 0 Å². The number of benzene rings is 2. The molecule has 0 bridgehead atoms. The van der Waals surface area contributed by atoms with E-state index in [1.54, 1.807) is 26.8 Å². The Hall–Kier alpha value is -3.56. The molecule has 0 spiro atoms. The van der Waals surface area contributed by atoms with Crippen LogP contribution in [0.5, 0.6) is 5.88 Å². The van der Waals surface area contributed by atoms with Crippen LogP contribution in [0.2, 0.25) is 0 Å². The Morgan fingerprint density at radius 1 is 1.00 bits per heavy atom. The normalized spacial score (nSPS) is 24.6. The molecule has 0 amide bonds. The largest absolute Gasteiger partial charge is 0.473 e. The van der Waals surface area contributed by atoms with Crippen LogP contribution in [0.15, 0.2) is 48.7 Å². The van der Waals surface area contributed by atoms with Gasteiger partial charge in [-0.25, -0.2) is 18.2 Å². The number of pyridine rings is 1. The molecule has 2 aromatic carbocycles. The average Bonchev–Trinajstić information content (AvgIpc) is 3.55. The Labute approximate surface area is 245 Å². The summed E-state index contributed by atoms with van der Waals surface area (Å²) < 4.78 is 98.5. The van der Waals surface area contributed by atoms with Crippen LogP contribution in [0.3, 0.4) is 0 Å². The number of carbonyl (C=O) groups is 1. The van der Waals surface area contributed by atoms with Crippen molar-refractivity contribution in [1.82, 2.24) is 4.98 Å². The summed E-state index contributed by atoms with van der Waals surface area (Å²) in [6, 6.07) is 9.35. The Morgan fingerprint density at radius 3 is 2.37 bits per heavy atom. The topological polar surface area (TPSA) is 48.4 Å². The summed E-state index contributed by atoms with van der Waals surface area (Å²) in [6.45, 7) is 8.39. The summed E-state index contributed by atoms with van der Waals surface area (Å²) in [5.41, 5.74) is -0.757. The zero-order chi connectivity index (χ0) is 31.3. The molecule has 3 aliphatic rings. The van der Waals surface area contributed by atoms with Crippen LogP contribution in [0.4, 0.5) is 26.3 Å². The van der Waals surface area contributed by atoms with E-state index in [9.17, 15) is 18.0 Å². The van der Waals surface area contributed by atoms with Gasteiger partial charge < -0.3 is 9.47 Å². The van der Waals surface area contributed by atoms with Crippen LogP contribution in [-0.4, -0.2) is 16.6 Å². The van der Waals surface area contributed by atoms with Crippen molar-refractivity contribution in [2.45, 2.75) is 82.6 Å². The minimum Gasteiger partial charge on any atom is -0.473 e. The third-order valence-corrected chi connectivity index (χ3v) is 8.80. The monoisotopic (exact) mass is 603 g/mol. The first-order chi connectivity index (χ1) is 19.9. The molecule has 3 aromatic rings. The minimum absolute atomic E-state index is 0.0767. The number of carbonyl (C=O) groups excluding carboxylic acids is 1. The lowest BCUT2D eigenvalue weighted by Gasteiger charge is -2.22. The fourth-order valence-corrected chi connectivity index (χ4v) is 6.91. The Morgan fingerprint density at radius 2 is 1.70 bits per heavy atom. The molecular weight excluding hydrogens is 572 g/mol. The fourth-order valence-electron chi connectivity index (χ4n) is 6.91. The van der Waals surface area contributed by atoms with Crippen LogP contribution < -0.4 is 4.74 Å². The van der Waals surface area contributed by atoms with Gasteiger partial charge in [0, 0.05) is 41.1 Å². The van der Waals surface area contributed by atoms with Gasteiger partial charge in [0.25, 0.3) is 5.92 Å². The van der Waals surface area contributed by atoms with Gasteiger partial charge in [-0.3, -0.25) is 4.79 Å². The van der Waals surface area contributed by atoms with Crippen molar-refractivity contribution in [1.29, 1.82) is 0 Å². The molecule has 4 nitrogen and oxygen atoms in total. The van der Waals surface area contributed by atoms with E-state index < -0.39 is 64.1 Å². The molecule has 10 heteroatoms. The zero-order valence-corrected chi connectivity index (χ0v) is 24.3. The highest BCUT2D eigenvalue weighted by atomic mass is 19.4. The lowest BCUT2D eigenvalue weighted by atomic mass is 9.84. The summed E-state index contributed by atoms with van der Waals surface area (Å²) in [6.07, 6.45) is -2.93. The molecule has 3 aliphatic carbocycles. The van der Waals surface area contributed by atoms with Crippen molar-refractivity contribution in [2.75, 3.05) is 0 Å². The molecule has 6 rings (SSSR count). The molecule has 228 valence electrons. The number of aromatic nitrogens is 1. The summed E-state index contributed by atoms with van der Waals surface area (Å²) in [4.78, 5) is 16.6. The third-order valence-electron chi connectivity index (χ3n) is 8.80. The first-order valence-corrected chi connectivity index (χ1v) is 14.1. The predicted octanol–water partition coefficient (Wildman–Crippen LogP) is 8.41. The molecule has 4 unspecified atom stereocenters. The van der Waals surface area contributed by atoms with Crippen LogP contribution in [-0.2, 0) is 33.7 Å². The SMILES string of the molecule is CC(C)(C)OC(=O)C1C2c3cnc(OCc4cc5c(cc4F)C(C)(C)CC5c4ccccc4C(F)(F)F)cc3C(F)(F)C12. The van der Waals surface area contributed by atoms with E-state index >= 15 is 13.2 Å². The van der Waals surface area contributed by atoms with Crippen molar-refractivity contribution >= 4 is 5.97 Å². The van der Waals surface area contributed by atoms with Crippen LogP contribution >= 0.6 is 0 Å². The Kier molecular flexibility index (Phi) is 6.50. The number of hydrogen-bond acceptors (Lipinski definition) is 4. The van der Waals surface area contributed by atoms with Gasteiger partial charge in [-0.1, -0.05) is 32.0 Å². The van der Waals surface area contributed by atoms with Gasteiger partial charge in [0.1, 0.15) is 18.0 Å². The van der Waals surface area contributed by atoms with Crippen molar-refractivity contribution < 1.29 is 40.6 Å². The number of hydrogen-bond donors (Lipinski definition) is 0.